The average molecular weight is 317 g/mol. The Hall–Kier alpha value is -1.88. The van der Waals surface area contributed by atoms with Crippen LogP contribution in [0.1, 0.15) is 44.1 Å². The van der Waals surface area contributed by atoms with Gasteiger partial charge in [0, 0.05) is 44.9 Å². The molecule has 0 bridgehead atoms. The van der Waals surface area contributed by atoms with Crippen LogP contribution in [0.25, 0.3) is 0 Å². The second-order valence-electron chi connectivity index (χ2n) is 6.27. The lowest BCUT2D eigenvalue weighted by molar-refractivity contribution is -0.130. The topological polar surface area (TPSA) is 75.4 Å². The van der Waals surface area contributed by atoms with Gasteiger partial charge in [0.25, 0.3) is 0 Å². The van der Waals surface area contributed by atoms with Gasteiger partial charge in [-0.3, -0.25) is 9.59 Å². The van der Waals surface area contributed by atoms with E-state index in [1.807, 2.05) is 23.1 Å². The first-order chi connectivity index (χ1) is 11.1. The first-order valence-corrected chi connectivity index (χ1v) is 8.40. The fourth-order valence-electron chi connectivity index (χ4n) is 3.09. The van der Waals surface area contributed by atoms with E-state index in [-0.39, 0.29) is 23.8 Å². The lowest BCUT2D eigenvalue weighted by atomic mass is 9.95. The zero-order chi connectivity index (χ0) is 16.7. The van der Waals surface area contributed by atoms with Crippen LogP contribution in [0.3, 0.4) is 0 Å². The molecule has 2 atom stereocenters. The molecule has 0 spiro atoms. The van der Waals surface area contributed by atoms with Crippen molar-refractivity contribution in [1.29, 1.82) is 0 Å². The normalized spacial score (nSPS) is 20.5. The number of carbonyl (C=O) groups is 2. The number of likely N-dealkylation sites (tertiary alicyclic amines) is 1. The number of hydrogen-bond acceptors (Lipinski definition) is 3. The number of hydrogen-bond donors (Lipinski definition) is 2. The van der Waals surface area contributed by atoms with Crippen molar-refractivity contribution in [1.82, 2.24) is 10.2 Å². The van der Waals surface area contributed by atoms with Gasteiger partial charge in [-0.15, -0.1) is 0 Å². The van der Waals surface area contributed by atoms with E-state index in [0.717, 1.165) is 25.8 Å². The summed E-state index contributed by atoms with van der Waals surface area (Å²) in [5.41, 5.74) is 7.44. The van der Waals surface area contributed by atoms with Crippen molar-refractivity contribution < 1.29 is 9.59 Å². The summed E-state index contributed by atoms with van der Waals surface area (Å²) in [5, 5.41) is 2.77. The predicted molar refractivity (Wildman–Crippen MR) is 90.9 cm³/mol. The highest BCUT2D eigenvalue weighted by molar-refractivity contribution is 5.76. The van der Waals surface area contributed by atoms with E-state index in [2.05, 4.69) is 17.4 Å². The van der Waals surface area contributed by atoms with Crippen LogP contribution in [0.5, 0.6) is 0 Å². The standard InChI is InChI=1S/C18H27N3O2/c1-14(22)20-11-7-3-6-10-18(23)21-12-16(17(19)13-21)15-8-4-2-5-9-15/h2,4-5,8-9,16-17H,3,6-7,10-13,19H2,1H3,(H,20,22)/t16-,17+/m0/s1. The van der Waals surface area contributed by atoms with E-state index < -0.39 is 0 Å². The monoisotopic (exact) mass is 317 g/mol. The quantitative estimate of drug-likeness (QED) is 0.751. The molecular weight excluding hydrogens is 290 g/mol. The Morgan fingerprint density at radius 2 is 1.91 bits per heavy atom. The first-order valence-electron chi connectivity index (χ1n) is 8.40. The molecule has 0 radical (unpaired) electrons. The molecule has 0 saturated carbocycles. The summed E-state index contributed by atoms with van der Waals surface area (Å²) in [5.74, 6) is 0.428. The zero-order valence-electron chi connectivity index (χ0n) is 13.8. The predicted octanol–water partition coefficient (Wildman–Crippen LogP) is 1.64. The van der Waals surface area contributed by atoms with Crippen LogP contribution in [0.2, 0.25) is 0 Å². The van der Waals surface area contributed by atoms with Gasteiger partial charge in [0.15, 0.2) is 0 Å². The Morgan fingerprint density at radius 1 is 1.17 bits per heavy atom. The van der Waals surface area contributed by atoms with Gasteiger partial charge in [0.1, 0.15) is 0 Å². The number of unbranched alkanes of at least 4 members (excludes halogenated alkanes) is 2. The van der Waals surface area contributed by atoms with Crippen molar-refractivity contribution in [3.63, 3.8) is 0 Å². The number of nitrogens with one attached hydrogen (secondary N) is 1. The maximum atomic E-state index is 12.3. The fourth-order valence-corrected chi connectivity index (χ4v) is 3.09. The van der Waals surface area contributed by atoms with Gasteiger partial charge in [0.2, 0.25) is 11.8 Å². The Kier molecular flexibility index (Phi) is 6.59. The lowest BCUT2D eigenvalue weighted by Crippen LogP contribution is -2.32. The Morgan fingerprint density at radius 3 is 2.61 bits per heavy atom. The van der Waals surface area contributed by atoms with Crippen molar-refractivity contribution in [2.75, 3.05) is 19.6 Å². The maximum Gasteiger partial charge on any atom is 0.222 e. The largest absolute Gasteiger partial charge is 0.356 e. The molecule has 3 N–H and O–H groups in total. The maximum absolute atomic E-state index is 12.3. The molecule has 1 aliphatic heterocycles. The van der Waals surface area contributed by atoms with Crippen molar-refractivity contribution in [2.24, 2.45) is 5.73 Å². The van der Waals surface area contributed by atoms with Crippen molar-refractivity contribution >= 4 is 11.8 Å². The Bertz CT molecular complexity index is 518. The van der Waals surface area contributed by atoms with E-state index in [0.29, 0.717) is 19.5 Å². The molecule has 2 amide bonds. The number of rotatable bonds is 7. The van der Waals surface area contributed by atoms with Gasteiger partial charge < -0.3 is 16.0 Å². The third-order valence-corrected chi connectivity index (χ3v) is 4.39. The molecular formula is C18H27N3O2. The summed E-state index contributed by atoms with van der Waals surface area (Å²) in [7, 11) is 0. The van der Waals surface area contributed by atoms with E-state index >= 15 is 0 Å². The molecule has 126 valence electrons. The van der Waals surface area contributed by atoms with Crippen LogP contribution in [0, 0.1) is 0 Å². The third kappa shape index (κ3) is 5.36. The van der Waals surface area contributed by atoms with Gasteiger partial charge in [-0.1, -0.05) is 36.8 Å². The molecule has 2 rings (SSSR count). The van der Waals surface area contributed by atoms with Crippen molar-refractivity contribution in [3.05, 3.63) is 35.9 Å². The third-order valence-electron chi connectivity index (χ3n) is 4.39. The number of amides is 2. The molecule has 5 nitrogen and oxygen atoms in total. The van der Waals surface area contributed by atoms with E-state index in [1.165, 1.54) is 12.5 Å². The second-order valence-corrected chi connectivity index (χ2v) is 6.27. The molecule has 5 heteroatoms. The number of carbonyl (C=O) groups excluding carboxylic acids is 2. The summed E-state index contributed by atoms with van der Waals surface area (Å²) < 4.78 is 0. The van der Waals surface area contributed by atoms with Crippen LogP contribution in [-0.2, 0) is 9.59 Å². The van der Waals surface area contributed by atoms with Crippen molar-refractivity contribution in [2.45, 2.75) is 44.6 Å². The molecule has 0 aliphatic carbocycles. The minimum absolute atomic E-state index is 0.000848. The molecule has 1 heterocycles. The fraction of sp³-hybridized carbons (Fsp3) is 0.556. The minimum Gasteiger partial charge on any atom is -0.356 e. The van der Waals surface area contributed by atoms with Crippen LogP contribution in [0.15, 0.2) is 30.3 Å². The molecule has 23 heavy (non-hydrogen) atoms. The molecule has 1 aromatic carbocycles. The Balaban J connectivity index is 1.71. The molecule has 1 aromatic rings. The average Bonchev–Trinajstić information content (AvgIpc) is 2.93. The lowest BCUT2D eigenvalue weighted by Gasteiger charge is -2.16. The highest BCUT2D eigenvalue weighted by Gasteiger charge is 2.33. The summed E-state index contributed by atoms with van der Waals surface area (Å²) in [6, 6.07) is 10.2. The van der Waals surface area contributed by atoms with Gasteiger partial charge in [-0.05, 0) is 18.4 Å². The number of benzene rings is 1. The van der Waals surface area contributed by atoms with E-state index in [9.17, 15) is 9.59 Å². The summed E-state index contributed by atoms with van der Waals surface area (Å²) in [6.07, 6.45) is 3.29. The van der Waals surface area contributed by atoms with E-state index in [1.54, 1.807) is 0 Å². The van der Waals surface area contributed by atoms with Crippen molar-refractivity contribution in [3.8, 4) is 0 Å². The summed E-state index contributed by atoms with van der Waals surface area (Å²) in [4.78, 5) is 25.0. The van der Waals surface area contributed by atoms with Crippen LogP contribution in [0.4, 0.5) is 0 Å². The minimum atomic E-state index is -0.000848. The highest BCUT2D eigenvalue weighted by Crippen LogP contribution is 2.26. The molecule has 0 unspecified atom stereocenters. The SMILES string of the molecule is CC(=O)NCCCCCC(=O)N1C[C@@H](N)[C@H](c2ccccc2)C1. The van der Waals surface area contributed by atoms with Gasteiger partial charge >= 0.3 is 0 Å². The number of nitrogens with zero attached hydrogens (tertiary/aromatic N) is 1. The second kappa shape index (κ2) is 8.67. The zero-order valence-corrected chi connectivity index (χ0v) is 13.8. The smallest absolute Gasteiger partial charge is 0.222 e. The molecule has 1 fully saturated rings. The molecule has 1 aliphatic rings. The van der Waals surface area contributed by atoms with E-state index in [4.69, 9.17) is 5.73 Å². The van der Waals surface area contributed by atoms with Crippen LogP contribution < -0.4 is 11.1 Å². The number of nitrogens with two attached hydrogens (primary N) is 1. The van der Waals surface area contributed by atoms with Crippen LogP contribution >= 0.6 is 0 Å². The van der Waals surface area contributed by atoms with Gasteiger partial charge in [0.05, 0.1) is 0 Å². The highest BCUT2D eigenvalue weighted by atomic mass is 16.2. The molecule has 1 saturated heterocycles. The Labute approximate surface area is 138 Å². The van der Waals surface area contributed by atoms with Gasteiger partial charge in [-0.2, -0.15) is 0 Å². The van der Waals surface area contributed by atoms with Gasteiger partial charge in [-0.25, -0.2) is 0 Å². The first kappa shape index (κ1) is 17.5. The van der Waals surface area contributed by atoms with Crippen LogP contribution in [-0.4, -0.2) is 42.4 Å². The summed E-state index contributed by atoms with van der Waals surface area (Å²) in [6.45, 7) is 3.57. The molecule has 0 aromatic heterocycles. The summed E-state index contributed by atoms with van der Waals surface area (Å²) >= 11 is 0.